The summed E-state index contributed by atoms with van der Waals surface area (Å²) in [6, 6.07) is 7.10. The van der Waals surface area contributed by atoms with Gasteiger partial charge in [-0.3, -0.25) is 4.79 Å². The Morgan fingerprint density at radius 1 is 1.00 bits per heavy atom. The molecule has 0 atom stereocenters. The molecule has 0 aliphatic heterocycles. The van der Waals surface area contributed by atoms with Crippen LogP contribution in [0.2, 0.25) is 0 Å². The fourth-order valence-corrected chi connectivity index (χ4v) is 3.78. The number of carbonyl (C=O) groups is 2. The summed E-state index contributed by atoms with van der Waals surface area (Å²) in [7, 11) is 0. The molecular formula is C22H25NO3. The second-order valence-corrected chi connectivity index (χ2v) is 8.55. The van der Waals surface area contributed by atoms with Crippen LogP contribution in [0.4, 0.5) is 0 Å². The van der Waals surface area contributed by atoms with E-state index in [0.29, 0.717) is 11.1 Å². The lowest BCUT2D eigenvalue weighted by Crippen LogP contribution is -2.34. The lowest BCUT2D eigenvalue weighted by atomic mass is 9.62. The molecule has 136 valence electrons. The van der Waals surface area contributed by atoms with Crippen LogP contribution >= 0.6 is 0 Å². The molecule has 0 unspecified atom stereocenters. The standard InChI is InChI=1S/C22H25NO3/c1-13-10-16-17(22(4,5)9-8-21(16,2)3)11-15(13)19(24)14-6-7-18(20(25)26)23-12-14/h6-7,10-12H,8-9H2,1-5H3,(H,25,26). The molecular weight excluding hydrogens is 326 g/mol. The molecule has 0 bridgehead atoms. The fourth-order valence-electron chi connectivity index (χ4n) is 3.78. The first-order chi connectivity index (χ1) is 12.0. The first kappa shape index (κ1) is 18.3. The second kappa shape index (κ2) is 6.04. The van der Waals surface area contributed by atoms with Gasteiger partial charge in [0.05, 0.1) is 0 Å². The van der Waals surface area contributed by atoms with Crippen molar-refractivity contribution in [2.75, 3.05) is 0 Å². The highest BCUT2D eigenvalue weighted by atomic mass is 16.4. The molecule has 2 aromatic rings. The number of pyridine rings is 1. The summed E-state index contributed by atoms with van der Waals surface area (Å²) in [5.74, 6) is -1.22. The van der Waals surface area contributed by atoms with E-state index in [4.69, 9.17) is 5.11 Å². The minimum atomic E-state index is -1.10. The number of benzene rings is 1. The first-order valence-corrected chi connectivity index (χ1v) is 8.92. The number of ketones is 1. The van der Waals surface area contributed by atoms with Crippen molar-refractivity contribution >= 4 is 11.8 Å². The number of aromatic nitrogens is 1. The number of hydrogen-bond donors (Lipinski definition) is 1. The van der Waals surface area contributed by atoms with Gasteiger partial charge < -0.3 is 5.11 Å². The van der Waals surface area contributed by atoms with E-state index in [1.165, 1.54) is 29.5 Å². The number of carbonyl (C=O) groups excluding carboxylic acids is 1. The van der Waals surface area contributed by atoms with E-state index in [-0.39, 0.29) is 22.3 Å². The van der Waals surface area contributed by atoms with E-state index >= 15 is 0 Å². The molecule has 0 fully saturated rings. The van der Waals surface area contributed by atoms with Crippen LogP contribution in [0.5, 0.6) is 0 Å². The highest BCUT2D eigenvalue weighted by molar-refractivity contribution is 6.10. The van der Waals surface area contributed by atoms with Crippen LogP contribution in [-0.2, 0) is 10.8 Å². The summed E-state index contributed by atoms with van der Waals surface area (Å²) in [6.45, 7) is 10.9. The van der Waals surface area contributed by atoms with Crippen LogP contribution in [0.1, 0.15) is 83.6 Å². The van der Waals surface area contributed by atoms with Crippen molar-refractivity contribution in [1.82, 2.24) is 4.98 Å². The van der Waals surface area contributed by atoms with E-state index in [1.54, 1.807) is 0 Å². The molecule has 0 saturated heterocycles. The molecule has 1 aromatic heterocycles. The van der Waals surface area contributed by atoms with Gasteiger partial charge in [-0.2, -0.15) is 0 Å². The Morgan fingerprint density at radius 2 is 1.58 bits per heavy atom. The lowest BCUT2D eigenvalue weighted by Gasteiger charge is -2.42. The molecule has 0 saturated carbocycles. The number of aromatic carboxylic acids is 1. The van der Waals surface area contributed by atoms with Gasteiger partial charge in [0.25, 0.3) is 0 Å². The zero-order valence-corrected chi connectivity index (χ0v) is 16.0. The van der Waals surface area contributed by atoms with E-state index < -0.39 is 5.97 Å². The van der Waals surface area contributed by atoms with Crippen molar-refractivity contribution in [2.45, 2.75) is 58.3 Å². The Balaban J connectivity index is 2.09. The number of carboxylic acids is 1. The van der Waals surface area contributed by atoms with Crippen molar-refractivity contribution in [1.29, 1.82) is 0 Å². The summed E-state index contributed by atoms with van der Waals surface area (Å²) < 4.78 is 0. The number of nitrogens with zero attached hydrogens (tertiary/aromatic N) is 1. The average Bonchev–Trinajstić information content (AvgIpc) is 2.58. The smallest absolute Gasteiger partial charge is 0.354 e. The third kappa shape index (κ3) is 3.05. The Morgan fingerprint density at radius 3 is 2.08 bits per heavy atom. The number of fused-ring (bicyclic) bond motifs is 1. The molecule has 3 rings (SSSR count). The molecule has 4 heteroatoms. The maximum atomic E-state index is 13.0. The van der Waals surface area contributed by atoms with Gasteiger partial charge in [-0.25, -0.2) is 9.78 Å². The van der Waals surface area contributed by atoms with Crippen molar-refractivity contribution in [2.24, 2.45) is 0 Å². The summed E-state index contributed by atoms with van der Waals surface area (Å²) in [5.41, 5.74) is 4.64. The Labute approximate surface area is 154 Å². The quantitative estimate of drug-likeness (QED) is 0.816. The minimum Gasteiger partial charge on any atom is -0.477 e. The Bertz CT molecular complexity index is 892. The van der Waals surface area contributed by atoms with Gasteiger partial charge in [0.2, 0.25) is 0 Å². The number of rotatable bonds is 3. The summed E-state index contributed by atoms with van der Waals surface area (Å²) >= 11 is 0. The van der Waals surface area contributed by atoms with Crippen LogP contribution in [-0.4, -0.2) is 21.8 Å². The van der Waals surface area contributed by atoms with Gasteiger partial charge in [0.15, 0.2) is 5.78 Å². The number of aryl methyl sites for hydroxylation is 1. The van der Waals surface area contributed by atoms with Gasteiger partial charge in [0.1, 0.15) is 5.69 Å². The van der Waals surface area contributed by atoms with Gasteiger partial charge in [0, 0.05) is 17.3 Å². The van der Waals surface area contributed by atoms with E-state index in [1.807, 2.05) is 13.0 Å². The molecule has 1 aliphatic carbocycles. The summed E-state index contributed by atoms with van der Waals surface area (Å²) in [6.07, 6.45) is 3.55. The predicted octanol–water partition coefficient (Wildman–Crippen LogP) is 4.67. The van der Waals surface area contributed by atoms with Gasteiger partial charge in [-0.1, -0.05) is 33.8 Å². The van der Waals surface area contributed by atoms with Crippen LogP contribution < -0.4 is 0 Å². The molecule has 26 heavy (non-hydrogen) atoms. The molecule has 1 aliphatic rings. The molecule has 1 aromatic carbocycles. The molecule has 0 amide bonds. The maximum Gasteiger partial charge on any atom is 0.354 e. The minimum absolute atomic E-state index is 0.0268. The normalized spacial score (nSPS) is 17.4. The first-order valence-electron chi connectivity index (χ1n) is 8.92. The average molecular weight is 351 g/mol. The number of carboxylic acid groups (broad SMARTS) is 1. The lowest BCUT2D eigenvalue weighted by molar-refractivity contribution is 0.0690. The highest BCUT2D eigenvalue weighted by Gasteiger charge is 2.37. The molecule has 0 radical (unpaired) electrons. The van der Waals surface area contributed by atoms with Crippen molar-refractivity contribution < 1.29 is 14.7 Å². The molecule has 0 spiro atoms. The molecule has 4 nitrogen and oxygen atoms in total. The van der Waals surface area contributed by atoms with Crippen molar-refractivity contribution in [3.05, 3.63) is 64.0 Å². The zero-order valence-electron chi connectivity index (χ0n) is 16.0. The second-order valence-electron chi connectivity index (χ2n) is 8.55. The fraction of sp³-hybridized carbons (Fsp3) is 0.409. The van der Waals surface area contributed by atoms with Crippen LogP contribution in [0, 0.1) is 6.92 Å². The monoisotopic (exact) mass is 351 g/mol. The maximum absolute atomic E-state index is 13.0. The van der Waals surface area contributed by atoms with Crippen molar-refractivity contribution in [3.8, 4) is 0 Å². The van der Waals surface area contributed by atoms with Gasteiger partial charge in [-0.15, -0.1) is 0 Å². The Kier molecular flexibility index (Phi) is 4.26. The topological polar surface area (TPSA) is 67.3 Å². The van der Waals surface area contributed by atoms with Gasteiger partial charge >= 0.3 is 5.97 Å². The largest absolute Gasteiger partial charge is 0.477 e. The van der Waals surface area contributed by atoms with Crippen LogP contribution in [0.3, 0.4) is 0 Å². The third-order valence-electron chi connectivity index (χ3n) is 5.69. The highest BCUT2D eigenvalue weighted by Crippen LogP contribution is 2.46. The van der Waals surface area contributed by atoms with Crippen LogP contribution in [0.25, 0.3) is 0 Å². The summed E-state index contributed by atoms with van der Waals surface area (Å²) in [5, 5.41) is 8.97. The van der Waals surface area contributed by atoms with Crippen molar-refractivity contribution in [3.63, 3.8) is 0 Å². The zero-order chi connectivity index (χ0) is 19.3. The van der Waals surface area contributed by atoms with E-state index in [0.717, 1.165) is 18.4 Å². The van der Waals surface area contributed by atoms with Crippen LogP contribution in [0.15, 0.2) is 30.5 Å². The predicted molar refractivity (Wildman–Crippen MR) is 101 cm³/mol. The molecule has 1 N–H and O–H groups in total. The molecule has 1 heterocycles. The van der Waals surface area contributed by atoms with E-state index in [2.05, 4.69) is 38.7 Å². The number of hydrogen-bond acceptors (Lipinski definition) is 3. The van der Waals surface area contributed by atoms with Gasteiger partial charge in [-0.05, 0) is 65.5 Å². The third-order valence-corrected chi connectivity index (χ3v) is 5.69. The SMILES string of the molecule is Cc1cc2c(cc1C(=O)c1ccc(C(=O)O)nc1)C(C)(C)CCC2(C)C. The summed E-state index contributed by atoms with van der Waals surface area (Å²) in [4.78, 5) is 27.8. The van der Waals surface area contributed by atoms with E-state index in [9.17, 15) is 9.59 Å². The Hall–Kier alpha value is -2.49.